The molecule has 192 valence electrons. The van der Waals surface area contributed by atoms with E-state index in [4.69, 9.17) is 14.5 Å². The van der Waals surface area contributed by atoms with Gasteiger partial charge in [0.2, 0.25) is 5.95 Å². The molecule has 10 nitrogen and oxygen atoms in total. The Bertz CT molecular complexity index is 1120. The minimum absolute atomic E-state index is 0.118. The number of carbonyl (C=O) groups is 1. The van der Waals surface area contributed by atoms with Crippen LogP contribution >= 0.6 is 0 Å². The molecule has 6 rings (SSSR count). The largest absolute Gasteiger partial charge is 0.377 e. The first-order valence-electron chi connectivity index (χ1n) is 13.1. The van der Waals surface area contributed by atoms with Gasteiger partial charge < -0.3 is 29.9 Å². The van der Waals surface area contributed by atoms with Crippen molar-refractivity contribution in [3.63, 3.8) is 0 Å². The summed E-state index contributed by atoms with van der Waals surface area (Å²) in [6, 6.07) is 5.84. The van der Waals surface area contributed by atoms with Crippen molar-refractivity contribution in [2.75, 3.05) is 66.4 Å². The molecule has 2 aromatic rings. The SMILES string of the molecule is Cc1cc(NC(=O)c2ccc(NC3COC3)nc2N2CCC3(CC2)CC3)nc(N2CCO[C@H](C)C2)n1. The summed E-state index contributed by atoms with van der Waals surface area (Å²) in [5.74, 6) is 2.43. The standard InChI is InChI=1S/C26H35N7O3/c1-17-13-22(31-25(27-17)33-11-12-36-18(2)14-33)30-24(34)20-3-4-21(28-19-15-35-16-19)29-23(20)32-9-7-26(5-6-26)8-10-32/h3-4,13,18-19H,5-12,14-16H2,1-2H3,(H,28,29)(H,27,30,31,34)/t18-/m1/s1. The highest BCUT2D eigenvalue weighted by atomic mass is 16.5. The summed E-state index contributed by atoms with van der Waals surface area (Å²) >= 11 is 0. The molecule has 2 aromatic heterocycles. The van der Waals surface area contributed by atoms with Crippen LogP contribution in [-0.4, -0.2) is 79.0 Å². The van der Waals surface area contributed by atoms with E-state index in [-0.39, 0.29) is 18.1 Å². The van der Waals surface area contributed by atoms with Gasteiger partial charge in [-0.25, -0.2) is 9.97 Å². The average Bonchev–Trinajstić information content (AvgIpc) is 3.60. The van der Waals surface area contributed by atoms with Crippen LogP contribution in [0, 0.1) is 12.3 Å². The van der Waals surface area contributed by atoms with Crippen molar-refractivity contribution in [3.05, 3.63) is 29.5 Å². The van der Waals surface area contributed by atoms with Crippen molar-refractivity contribution in [1.29, 1.82) is 0 Å². The highest BCUT2D eigenvalue weighted by Crippen LogP contribution is 2.54. The number of amides is 1. The molecule has 5 heterocycles. The lowest BCUT2D eigenvalue weighted by atomic mass is 9.93. The number of ether oxygens (including phenoxy) is 2. The monoisotopic (exact) mass is 493 g/mol. The normalized spacial score (nSPS) is 23.3. The minimum atomic E-state index is -0.206. The Hall–Kier alpha value is -2.98. The first kappa shape index (κ1) is 23.4. The summed E-state index contributed by atoms with van der Waals surface area (Å²) in [5.41, 5.74) is 1.92. The number of piperidine rings is 1. The quantitative estimate of drug-likeness (QED) is 0.628. The number of anilines is 4. The van der Waals surface area contributed by atoms with E-state index in [2.05, 4.69) is 30.4 Å². The van der Waals surface area contributed by atoms with Gasteiger partial charge in [0.1, 0.15) is 17.5 Å². The average molecular weight is 494 g/mol. The van der Waals surface area contributed by atoms with Gasteiger partial charge >= 0.3 is 0 Å². The van der Waals surface area contributed by atoms with Gasteiger partial charge in [0, 0.05) is 37.9 Å². The molecule has 1 spiro atoms. The van der Waals surface area contributed by atoms with Gasteiger partial charge in [0.05, 0.1) is 37.5 Å². The third-order valence-corrected chi connectivity index (χ3v) is 7.80. The number of aryl methyl sites for hydroxylation is 1. The number of morpholine rings is 1. The van der Waals surface area contributed by atoms with E-state index in [1.54, 1.807) is 0 Å². The van der Waals surface area contributed by atoms with Gasteiger partial charge in [0.25, 0.3) is 5.91 Å². The Labute approximate surface area is 211 Å². The van der Waals surface area contributed by atoms with Crippen molar-refractivity contribution in [2.45, 2.75) is 51.7 Å². The van der Waals surface area contributed by atoms with E-state index in [1.807, 2.05) is 32.0 Å². The Kier molecular flexibility index (Phi) is 6.17. The van der Waals surface area contributed by atoms with E-state index in [0.717, 1.165) is 56.4 Å². The third kappa shape index (κ3) is 4.97. The summed E-state index contributed by atoms with van der Waals surface area (Å²) in [6.07, 6.45) is 5.12. The van der Waals surface area contributed by atoms with Gasteiger partial charge in [-0.05, 0) is 57.1 Å². The summed E-state index contributed by atoms with van der Waals surface area (Å²) in [4.78, 5) is 32.1. The molecule has 1 amide bonds. The summed E-state index contributed by atoms with van der Waals surface area (Å²) < 4.78 is 10.9. The molecule has 0 aromatic carbocycles. The lowest BCUT2D eigenvalue weighted by Crippen LogP contribution is -2.42. The Morgan fingerprint density at radius 2 is 1.83 bits per heavy atom. The lowest BCUT2D eigenvalue weighted by Gasteiger charge is -2.34. The lowest BCUT2D eigenvalue weighted by molar-refractivity contribution is 0.0209. The summed E-state index contributed by atoms with van der Waals surface area (Å²) in [7, 11) is 0. The molecule has 0 radical (unpaired) electrons. The van der Waals surface area contributed by atoms with Crippen molar-refractivity contribution in [1.82, 2.24) is 15.0 Å². The Morgan fingerprint density at radius 3 is 2.53 bits per heavy atom. The van der Waals surface area contributed by atoms with Crippen LogP contribution in [0.25, 0.3) is 0 Å². The first-order valence-corrected chi connectivity index (χ1v) is 13.1. The molecule has 0 unspecified atom stereocenters. The van der Waals surface area contributed by atoms with Gasteiger partial charge in [-0.2, -0.15) is 4.98 Å². The number of pyridine rings is 1. The fourth-order valence-corrected chi connectivity index (χ4v) is 5.29. The maximum absolute atomic E-state index is 13.6. The van der Waals surface area contributed by atoms with Crippen LogP contribution < -0.4 is 20.4 Å². The highest BCUT2D eigenvalue weighted by molar-refractivity contribution is 6.07. The smallest absolute Gasteiger partial charge is 0.260 e. The molecule has 3 saturated heterocycles. The Balaban J connectivity index is 1.24. The molecular formula is C26H35N7O3. The zero-order chi connectivity index (χ0) is 24.7. The van der Waals surface area contributed by atoms with Gasteiger partial charge in [-0.1, -0.05) is 0 Å². The van der Waals surface area contributed by atoms with Crippen LogP contribution in [0.15, 0.2) is 18.2 Å². The van der Waals surface area contributed by atoms with E-state index in [0.29, 0.717) is 42.6 Å². The zero-order valence-corrected chi connectivity index (χ0v) is 21.1. The molecule has 4 aliphatic rings. The van der Waals surface area contributed by atoms with E-state index < -0.39 is 0 Å². The van der Waals surface area contributed by atoms with Crippen molar-refractivity contribution < 1.29 is 14.3 Å². The van der Waals surface area contributed by atoms with Crippen molar-refractivity contribution >= 4 is 29.3 Å². The number of nitrogens with zero attached hydrogens (tertiary/aromatic N) is 5. The van der Waals surface area contributed by atoms with Crippen molar-refractivity contribution in [2.24, 2.45) is 5.41 Å². The maximum atomic E-state index is 13.6. The summed E-state index contributed by atoms with van der Waals surface area (Å²) in [5, 5.41) is 6.45. The van der Waals surface area contributed by atoms with E-state index >= 15 is 0 Å². The van der Waals surface area contributed by atoms with Crippen LogP contribution in [0.5, 0.6) is 0 Å². The number of rotatable bonds is 6. The highest BCUT2D eigenvalue weighted by Gasteiger charge is 2.45. The third-order valence-electron chi connectivity index (χ3n) is 7.80. The van der Waals surface area contributed by atoms with Gasteiger partial charge in [-0.15, -0.1) is 0 Å². The Morgan fingerprint density at radius 1 is 1.03 bits per heavy atom. The number of aromatic nitrogens is 3. The minimum Gasteiger partial charge on any atom is -0.377 e. The van der Waals surface area contributed by atoms with Crippen LogP contribution in [0.1, 0.15) is 48.7 Å². The first-order chi connectivity index (χ1) is 17.5. The fourth-order valence-electron chi connectivity index (χ4n) is 5.29. The molecule has 36 heavy (non-hydrogen) atoms. The molecule has 10 heteroatoms. The molecular weight excluding hydrogens is 458 g/mol. The molecule has 1 aliphatic carbocycles. The summed E-state index contributed by atoms with van der Waals surface area (Å²) in [6.45, 7) is 9.27. The van der Waals surface area contributed by atoms with Gasteiger partial charge in [0.15, 0.2) is 0 Å². The topological polar surface area (TPSA) is 105 Å². The second-order valence-electron chi connectivity index (χ2n) is 10.7. The second kappa shape index (κ2) is 9.48. The number of nitrogens with one attached hydrogen (secondary N) is 2. The van der Waals surface area contributed by atoms with E-state index in [1.165, 1.54) is 12.8 Å². The number of carbonyl (C=O) groups excluding carboxylic acids is 1. The molecule has 0 bridgehead atoms. The fraction of sp³-hybridized carbons (Fsp3) is 0.615. The zero-order valence-electron chi connectivity index (χ0n) is 21.1. The van der Waals surface area contributed by atoms with Crippen LogP contribution in [0.4, 0.5) is 23.4 Å². The second-order valence-corrected chi connectivity index (χ2v) is 10.7. The maximum Gasteiger partial charge on any atom is 0.260 e. The van der Waals surface area contributed by atoms with Crippen LogP contribution in [0.2, 0.25) is 0 Å². The molecule has 3 aliphatic heterocycles. The predicted octanol–water partition coefficient (Wildman–Crippen LogP) is 2.85. The number of hydrogen-bond donors (Lipinski definition) is 2. The molecule has 1 atom stereocenters. The molecule has 4 fully saturated rings. The van der Waals surface area contributed by atoms with Crippen LogP contribution in [-0.2, 0) is 9.47 Å². The molecule has 2 N–H and O–H groups in total. The predicted molar refractivity (Wildman–Crippen MR) is 138 cm³/mol. The molecule has 1 saturated carbocycles. The van der Waals surface area contributed by atoms with Crippen LogP contribution in [0.3, 0.4) is 0 Å². The van der Waals surface area contributed by atoms with Crippen molar-refractivity contribution in [3.8, 4) is 0 Å². The van der Waals surface area contributed by atoms with Gasteiger partial charge in [-0.3, -0.25) is 4.79 Å². The number of hydrogen-bond acceptors (Lipinski definition) is 9. The van der Waals surface area contributed by atoms with E-state index in [9.17, 15) is 4.79 Å².